The molecule has 0 fully saturated rings. The fourth-order valence-corrected chi connectivity index (χ4v) is 3.20. The van der Waals surface area contributed by atoms with Crippen LogP contribution in [0.25, 0.3) is 0 Å². The van der Waals surface area contributed by atoms with E-state index in [1.807, 2.05) is 102 Å². The van der Waals surface area contributed by atoms with Crippen molar-refractivity contribution in [2.45, 2.75) is 13.2 Å². The highest BCUT2D eigenvalue weighted by Gasteiger charge is 2.19. The Morgan fingerprint density at radius 3 is 2.57 bits per heavy atom. The van der Waals surface area contributed by atoms with E-state index in [0.29, 0.717) is 0 Å². The molecule has 140 valence electrons. The predicted molar refractivity (Wildman–Crippen MR) is 111 cm³/mol. The molecule has 4 heteroatoms. The number of ether oxygens (including phenoxy) is 2. The Morgan fingerprint density at radius 1 is 0.964 bits per heavy atom. The molecule has 1 atom stereocenters. The van der Waals surface area contributed by atoms with Gasteiger partial charge in [0, 0.05) is 18.7 Å². The molecular weight excluding hydrogens is 348 g/mol. The van der Waals surface area contributed by atoms with Crippen LogP contribution in [0.1, 0.15) is 12.5 Å². The van der Waals surface area contributed by atoms with Crippen LogP contribution < -0.4 is 4.74 Å². The van der Waals surface area contributed by atoms with E-state index in [1.54, 1.807) is 0 Å². The van der Waals surface area contributed by atoms with Crippen LogP contribution in [-0.2, 0) is 4.74 Å². The highest BCUT2D eigenvalue weighted by atomic mass is 16.7. The van der Waals surface area contributed by atoms with Crippen molar-refractivity contribution in [3.8, 4) is 5.75 Å². The standard InChI is InChI=1S/C24H22N2O2/c1-18-27-23-14-8-4-10-19(23)16-25(2)21-12-6-7-13-22(21)26(3)17-20-11-5-9-15-24(20)28-18/h4-18H,2-3H2,1H3/b19-16-. The van der Waals surface area contributed by atoms with Gasteiger partial charge in [-0.2, -0.15) is 23.1 Å². The molecule has 2 aromatic carbocycles. The summed E-state index contributed by atoms with van der Waals surface area (Å²) in [6.45, 7) is 12.2. The third-order valence-electron chi connectivity index (χ3n) is 4.51. The minimum Gasteiger partial charge on any atom is -0.517 e. The van der Waals surface area contributed by atoms with Crippen LogP contribution in [0.4, 0.5) is 11.4 Å². The lowest BCUT2D eigenvalue weighted by molar-refractivity contribution is -0.404. The van der Waals surface area contributed by atoms with Crippen LogP contribution in [0.2, 0.25) is 0 Å². The third-order valence-corrected chi connectivity index (χ3v) is 4.51. The van der Waals surface area contributed by atoms with E-state index in [0.717, 1.165) is 34.0 Å². The molecule has 1 aliphatic carbocycles. The van der Waals surface area contributed by atoms with E-state index in [9.17, 15) is 0 Å². The van der Waals surface area contributed by atoms with Gasteiger partial charge in [-0.15, -0.1) is 12.1 Å². The van der Waals surface area contributed by atoms with Crippen molar-refractivity contribution >= 4 is 24.8 Å². The third kappa shape index (κ3) is 3.58. The van der Waals surface area contributed by atoms with Gasteiger partial charge >= 0.3 is 0 Å². The second-order valence-corrected chi connectivity index (χ2v) is 6.57. The van der Waals surface area contributed by atoms with Crippen LogP contribution in [-0.4, -0.2) is 28.9 Å². The van der Waals surface area contributed by atoms with Crippen LogP contribution in [0.15, 0.2) is 84.3 Å². The molecule has 0 N–H and O–H groups in total. The summed E-state index contributed by atoms with van der Waals surface area (Å²) in [5, 5.41) is 0. The summed E-state index contributed by atoms with van der Waals surface area (Å²) in [6.07, 6.45) is 9.31. The van der Waals surface area contributed by atoms with Crippen LogP contribution >= 0.6 is 0 Å². The average Bonchev–Trinajstić information content (AvgIpc) is 2.70. The first-order valence-corrected chi connectivity index (χ1v) is 9.11. The zero-order valence-electron chi connectivity index (χ0n) is 15.8. The van der Waals surface area contributed by atoms with E-state index in [-0.39, 0.29) is 0 Å². The maximum absolute atomic E-state index is 6.08. The zero-order valence-corrected chi connectivity index (χ0v) is 15.8. The summed E-state index contributed by atoms with van der Waals surface area (Å²) < 4.78 is 15.8. The smallest absolute Gasteiger partial charge is 0.248 e. The van der Waals surface area contributed by atoms with Crippen molar-refractivity contribution in [3.05, 3.63) is 103 Å². The van der Waals surface area contributed by atoms with Crippen LogP contribution in [0.5, 0.6) is 5.75 Å². The first-order chi connectivity index (χ1) is 13.6. The Morgan fingerprint density at radius 2 is 1.71 bits per heavy atom. The van der Waals surface area contributed by atoms with Gasteiger partial charge in [0.2, 0.25) is 17.7 Å². The SMILES string of the molecule is C=[N+]1/C=C2/C=C[CH-]C=C2OC(C)Oc2ccccc2[CH-][N+](=C)c2ccccc21. The summed E-state index contributed by atoms with van der Waals surface area (Å²) in [5.41, 5.74) is 3.67. The van der Waals surface area contributed by atoms with Crippen molar-refractivity contribution in [3.63, 3.8) is 0 Å². The minimum absolute atomic E-state index is 0.469. The molecule has 2 aliphatic rings. The fraction of sp³-hybridized carbons (Fsp3) is 0.0833. The molecule has 0 radical (unpaired) electrons. The van der Waals surface area contributed by atoms with Crippen molar-refractivity contribution in [2.24, 2.45) is 0 Å². The van der Waals surface area contributed by atoms with Crippen molar-refractivity contribution < 1.29 is 18.6 Å². The summed E-state index contributed by atoms with van der Waals surface area (Å²) >= 11 is 0. The Bertz CT molecular complexity index is 1030. The highest BCUT2D eigenvalue weighted by molar-refractivity contribution is 5.56. The lowest BCUT2D eigenvalue weighted by Gasteiger charge is -2.27. The van der Waals surface area contributed by atoms with Gasteiger partial charge in [0.1, 0.15) is 13.3 Å². The molecule has 4 rings (SSSR count). The van der Waals surface area contributed by atoms with Crippen LogP contribution in [0, 0.1) is 13.0 Å². The Hall–Kier alpha value is -3.66. The van der Waals surface area contributed by atoms with Crippen molar-refractivity contribution in [1.29, 1.82) is 0 Å². The summed E-state index contributed by atoms with van der Waals surface area (Å²) in [4.78, 5) is 0. The lowest BCUT2D eigenvalue weighted by Crippen LogP contribution is -2.18. The fourth-order valence-electron chi connectivity index (χ4n) is 3.20. The molecule has 0 bridgehead atoms. The van der Waals surface area contributed by atoms with E-state index in [4.69, 9.17) is 9.47 Å². The normalized spacial score (nSPS) is 20.5. The van der Waals surface area contributed by atoms with E-state index < -0.39 is 6.29 Å². The molecule has 1 unspecified atom stereocenters. The van der Waals surface area contributed by atoms with Crippen molar-refractivity contribution in [1.82, 2.24) is 0 Å². The van der Waals surface area contributed by atoms with Gasteiger partial charge in [0.15, 0.2) is 6.20 Å². The second-order valence-electron chi connectivity index (χ2n) is 6.57. The van der Waals surface area contributed by atoms with E-state index in [1.165, 1.54) is 0 Å². The highest BCUT2D eigenvalue weighted by Crippen LogP contribution is 2.32. The molecule has 1 aliphatic heterocycles. The molecule has 4 nitrogen and oxygen atoms in total. The molecular formula is C24H22N2O2. The van der Waals surface area contributed by atoms with Gasteiger partial charge in [0.25, 0.3) is 0 Å². The number of benzene rings is 2. The first-order valence-electron chi connectivity index (χ1n) is 9.11. The number of fused-ring (bicyclic) bond motifs is 3. The van der Waals surface area contributed by atoms with E-state index in [2.05, 4.69) is 13.4 Å². The van der Waals surface area contributed by atoms with Crippen molar-refractivity contribution in [2.75, 3.05) is 0 Å². The molecule has 0 spiro atoms. The molecule has 0 saturated heterocycles. The second kappa shape index (κ2) is 7.53. The van der Waals surface area contributed by atoms with E-state index >= 15 is 0 Å². The molecule has 1 heterocycles. The summed E-state index contributed by atoms with van der Waals surface area (Å²) in [5.74, 6) is 1.46. The van der Waals surface area contributed by atoms with Crippen LogP contribution in [0.3, 0.4) is 0 Å². The Balaban J connectivity index is 1.84. The maximum atomic E-state index is 6.08. The number of rotatable bonds is 0. The van der Waals surface area contributed by atoms with Gasteiger partial charge in [0.05, 0.1) is 12.5 Å². The molecule has 0 saturated carbocycles. The number of nitrogens with zero attached hydrogens (tertiary/aromatic N) is 2. The monoisotopic (exact) mass is 370 g/mol. The zero-order chi connectivity index (χ0) is 19.5. The Labute approximate surface area is 165 Å². The van der Waals surface area contributed by atoms with Gasteiger partial charge in [-0.1, -0.05) is 30.3 Å². The molecule has 0 aromatic heterocycles. The quantitative estimate of drug-likeness (QED) is 0.487. The molecule has 0 amide bonds. The van der Waals surface area contributed by atoms with Gasteiger partial charge in [-0.25, -0.2) is 0 Å². The molecule has 2 aromatic rings. The number of hydrogen-bond donors (Lipinski definition) is 0. The number of allylic oxidation sites excluding steroid dienone is 3. The summed E-state index contributed by atoms with van der Waals surface area (Å²) in [6, 6.07) is 15.8. The minimum atomic E-state index is -0.469. The maximum Gasteiger partial charge on any atom is 0.248 e. The largest absolute Gasteiger partial charge is 0.517 e. The average molecular weight is 370 g/mol. The number of para-hydroxylation sites is 3. The predicted octanol–water partition coefficient (Wildman–Crippen LogP) is 4.88. The molecule has 28 heavy (non-hydrogen) atoms. The van der Waals surface area contributed by atoms with Gasteiger partial charge in [-0.3, -0.25) is 4.58 Å². The summed E-state index contributed by atoms with van der Waals surface area (Å²) in [7, 11) is 0. The first kappa shape index (κ1) is 17.7. The topological polar surface area (TPSA) is 24.5 Å². The van der Waals surface area contributed by atoms with Gasteiger partial charge < -0.3 is 9.47 Å². The Kier molecular flexibility index (Phi) is 4.77. The number of hydrogen-bond acceptors (Lipinski definition) is 2. The van der Waals surface area contributed by atoms with Gasteiger partial charge in [-0.05, 0) is 17.2 Å². The lowest BCUT2D eigenvalue weighted by atomic mass is 10.1.